The van der Waals surface area contributed by atoms with Crippen molar-refractivity contribution in [2.75, 3.05) is 13.0 Å². The van der Waals surface area contributed by atoms with E-state index in [1.165, 1.54) is 19.2 Å². The quantitative estimate of drug-likeness (QED) is 0.723. The summed E-state index contributed by atoms with van der Waals surface area (Å²) in [7, 11) is -2.25. The van der Waals surface area contributed by atoms with Gasteiger partial charge in [-0.25, -0.2) is 13.2 Å². The van der Waals surface area contributed by atoms with Crippen LogP contribution in [0.5, 0.6) is 0 Å². The van der Waals surface area contributed by atoms with Gasteiger partial charge in [0.15, 0.2) is 5.94 Å². The van der Waals surface area contributed by atoms with Gasteiger partial charge in [-0.1, -0.05) is 6.07 Å². The summed E-state index contributed by atoms with van der Waals surface area (Å²) in [6, 6.07) is 4.48. The van der Waals surface area contributed by atoms with E-state index >= 15 is 0 Å². The summed E-state index contributed by atoms with van der Waals surface area (Å²) in [6.07, 6.45) is 0. The molecule has 0 atom stereocenters. The zero-order chi connectivity index (χ0) is 13.6. The van der Waals surface area contributed by atoms with Gasteiger partial charge in [0.2, 0.25) is 9.84 Å². The van der Waals surface area contributed by atoms with Gasteiger partial charge in [-0.2, -0.15) is 0 Å². The lowest BCUT2D eigenvalue weighted by atomic mass is 9.96. The topological polar surface area (TPSA) is 69.7 Å². The fraction of sp³-hybridized carbons (Fsp3) is 0.417. The largest absolute Gasteiger partial charge is 0.465 e. The van der Waals surface area contributed by atoms with Crippen molar-refractivity contribution in [2.24, 2.45) is 0 Å². The van der Waals surface area contributed by atoms with E-state index in [4.69, 9.17) is 4.74 Å². The predicted molar refractivity (Wildman–Crippen MR) is 63.9 cm³/mol. The number of carbonyl (C=O) groups is 1. The van der Waals surface area contributed by atoms with Crippen LogP contribution in [0.25, 0.3) is 0 Å². The number of fused-ring (bicyclic) bond motifs is 1. The van der Waals surface area contributed by atoms with E-state index in [1.54, 1.807) is 19.9 Å². The van der Waals surface area contributed by atoms with Gasteiger partial charge >= 0.3 is 5.97 Å². The Bertz CT molecular complexity index is 601. The van der Waals surface area contributed by atoms with Crippen molar-refractivity contribution in [3.05, 3.63) is 29.3 Å². The molecule has 0 fully saturated rings. The van der Waals surface area contributed by atoms with E-state index in [0.717, 1.165) is 0 Å². The molecule has 0 aliphatic carbocycles. The molecule has 98 valence electrons. The summed E-state index contributed by atoms with van der Waals surface area (Å²) in [5, 5.41) is 0. The van der Waals surface area contributed by atoms with Crippen LogP contribution < -0.4 is 0 Å². The Kier molecular flexibility index (Phi) is 2.95. The highest BCUT2D eigenvalue weighted by Gasteiger charge is 2.36. The molecule has 0 spiro atoms. The molecule has 18 heavy (non-hydrogen) atoms. The van der Waals surface area contributed by atoms with Crippen molar-refractivity contribution in [1.29, 1.82) is 0 Å². The van der Waals surface area contributed by atoms with Crippen LogP contribution >= 0.6 is 0 Å². The predicted octanol–water partition coefficient (Wildman–Crippen LogP) is 1.47. The number of sulfone groups is 1. The van der Waals surface area contributed by atoms with Gasteiger partial charge < -0.3 is 9.47 Å². The van der Waals surface area contributed by atoms with E-state index in [2.05, 4.69) is 4.74 Å². The third-order valence-corrected chi connectivity index (χ3v) is 4.40. The van der Waals surface area contributed by atoms with Gasteiger partial charge in [-0.15, -0.1) is 0 Å². The molecule has 1 aliphatic rings. The van der Waals surface area contributed by atoms with E-state index < -0.39 is 21.4 Å². The summed E-state index contributed by atoms with van der Waals surface area (Å²) in [4.78, 5) is 11.6. The molecule has 1 heterocycles. The van der Waals surface area contributed by atoms with Crippen LogP contribution in [0.3, 0.4) is 0 Å². The lowest BCUT2D eigenvalue weighted by Gasteiger charge is -2.32. The third-order valence-electron chi connectivity index (χ3n) is 2.96. The second-order valence-electron chi connectivity index (χ2n) is 4.59. The number of carbonyl (C=O) groups excluding carboxylic acids is 1. The first-order valence-corrected chi connectivity index (χ1v) is 7.03. The number of hydrogen-bond acceptors (Lipinski definition) is 5. The average molecular weight is 270 g/mol. The minimum Gasteiger partial charge on any atom is -0.465 e. The zero-order valence-electron chi connectivity index (χ0n) is 10.4. The number of esters is 1. The van der Waals surface area contributed by atoms with Gasteiger partial charge in [0.05, 0.1) is 23.2 Å². The maximum Gasteiger partial charge on any atom is 0.337 e. The van der Waals surface area contributed by atoms with E-state index in [9.17, 15) is 13.2 Å². The van der Waals surface area contributed by atoms with Crippen LogP contribution in [0.4, 0.5) is 0 Å². The lowest BCUT2D eigenvalue weighted by molar-refractivity contribution is -0.00248. The van der Waals surface area contributed by atoms with Crippen LogP contribution in [0, 0.1) is 0 Å². The maximum atomic E-state index is 11.9. The van der Waals surface area contributed by atoms with Crippen LogP contribution in [0.15, 0.2) is 23.1 Å². The lowest BCUT2D eigenvalue weighted by Crippen LogP contribution is -2.33. The van der Waals surface area contributed by atoms with Crippen molar-refractivity contribution >= 4 is 15.8 Å². The monoisotopic (exact) mass is 270 g/mol. The molecule has 0 saturated carbocycles. The fourth-order valence-corrected chi connectivity index (χ4v) is 3.42. The first-order valence-electron chi connectivity index (χ1n) is 5.37. The van der Waals surface area contributed by atoms with Crippen molar-refractivity contribution in [1.82, 2.24) is 0 Å². The number of hydrogen-bond donors (Lipinski definition) is 0. The minimum atomic E-state index is -3.51. The summed E-state index contributed by atoms with van der Waals surface area (Å²) >= 11 is 0. The molecule has 1 aromatic rings. The first-order chi connectivity index (χ1) is 8.28. The van der Waals surface area contributed by atoms with Crippen molar-refractivity contribution < 1.29 is 22.7 Å². The Hall–Kier alpha value is -1.40. The number of methoxy groups -OCH3 is 1. The van der Waals surface area contributed by atoms with Gasteiger partial charge in [-0.3, -0.25) is 0 Å². The molecule has 0 unspecified atom stereocenters. The molecule has 0 saturated heterocycles. The third kappa shape index (κ3) is 2.02. The molecule has 0 aromatic heterocycles. The van der Waals surface area contributed by atoms with E-state index in [-0.39, 0.29) is 16.4 Å². The molecule has 5 nitrogen and oxygen atoms in total. The molecular formula is C12H14O5S. The molecule has 0 radical (unpaired) electrons. The Labute approximate surface area is 106 Å². The molecule has 1 aromatic carbocycles. The molecule has 1 aliphatic heterocycles. The first kappa shape index (κ1) is 13.0. The summed E-state index contributed by atoms with van der Waals surface area (Å²) in [5.74, 6) is -0.935. The molecular weight excluding hydrogens is 256 g/mol. The smallest absolute Gasteiger partial charge is 0.337 e. The molecule has 2 rings (SSSR count). The van der Waals surface area contributed by atoms with Crippen molar-refractivity contribution in [3.8, 4) is 0 Å². The van der Waals surface area contributed by atoms with Gasteiger partial charge in [0.25, 0.3) is 0 Å². The Morgan fingerprint density at radius 3 is 2.67 bits per heavy atom. The zero-order valence-corrected chi connectivity index (χ0v) is 11.2. The average Bonchev–Trinajstić information content (AvgIpc) is 2.34. The van der Waals surface area contributed by atoms with Crippen LogP contribution in [-0.2, 0) is 24.9 Å². The van der Waals surface area contributed by atoms with Gasteiger partial charge in [0.1, 0.15) is 0 Å². The second kappa shape index (κ2) is 4.07. The fourth-order valence-electron chi connectivity index (χ4n) is 1.89. The van der Waals surface area contributed by atoms with Crippen molar-refractivity contribution in [2.45, 2.75) is 24.3 Å². The van der Waals surface area contributed by atoms with E-state index in [0.29, 0.717) is 5.56 Å². The Morgan fingerprint density at radius 2 is 2.06 bits per heavy atom. The summed E-state index contributed by atoms with van der Waals surface area (Å²) in [5.41, 5.74) is 0.0916. The minimum absolute atomic E-state index is 0.140. The maximum absolute atomic E-state index is 11.9. The van der Waals surface area contributed by atoms with Crippen LogP contribution in [0.2, 0.25) is 0 Å². The molecule has 0 bridgehead atoms. The number of rotatable bonds is 1. The summed E-state index contributed by atoms with van der Waals surface area (Å²) < 4.78 is 33.8. The Morgan fingerprint density at radius 1 is 1.39 bits per heavy atom. The van der Waals surface area contributed by atoms with Crippen molar-refractivity contribution in [3.63, 3.8) is 0 Å². The van der Waals surface area contributed by atoms with Crippen LogP contribution in [-0.4, -0.2) is 27.4 Å². The van der Waals surface area contributed by atoms with E-state index in [1.807, 2.05) is 0 Å². The normalized spacial score (nSPS) is 19.9. The standard InChI is InChI=1S/C12H14O5S/c1-12(2)9-5-4-8(11(13)16-3)6-10(9)18(14,15)7-17-12/h4-6H,7H2,1-3H3. The SMILES string of the molecule is COC(=O)c1ccc2c(c1)S(=O)(=O)COC2(C)C. The summed E-state index contributed by atoms with van der Waals surface area (Å²) in [6.45, 7) is 3.58. The van der Waals surface area contributed by atoms with Crippen LogP contribution in [0.1, 0.15) is 29.8 Å². The number of benzene rings is 1. The number of ether oxygens (including phenoxy) is 2. The van der Waals surface area contributed by atoms with Gasteiger partial charge in [0, 0.05) is 5.56 Å². The second-order valence-corrected chi connectivity index (χ2v) is 6.49. The molecule has 0 N–H and O–H groups in total. The highest BCUT2D eigenvalue weighted by Crippen LogP contribution is 2.36. The highest BCUT2D eigenvalue weighted by atomic mass is 32.2. The van der Waals surface area contributed by atoms with Gasteiger partial charge in [-0.05, 0) is 26.0 Å². The molecule has 0 amide bonds. The highest BCUT2D eigenvalue weighted by molar-refractivity contribution is 7.91. The Balaban J connectivity index is 2.66. The molecule has 6 heteroatoms.